The summed E-state index contributed by atoms with van der Waals surface area (Å²) < 4.78 is 12.2. The molecule has 0 saturated carbocycles. The molecule has 0 radical (unpaired) electrons. The molecule has 0 bridgehead atoms. The highest BCUT2D eigenvalue weighted by Crippen LogP contribution is 2.32. The molecule has 1 atom stereocenters. The Kier molecular flexibility index (Phi) is 4.62. The van der Waals surface area contributed by atoms with Gasteiger partial charge in [0.05, 0.1) is 15.2 Å². The van der Waals surface area contributed by atoms with E-state index < -0.39 is 0 Å². The molecule has 0 aliphatic carbocycles. The van der Waals surface area contributed by atoms with Crippen molar-refractivity contribution in [3.8, 4) is 11.5 Å². The number of aromatic nitrogens is 1. The van der Waals surface area contributed by atoms with E-state index in [0.717, 1.165) is 15.2 Å². The Morgan fingerprint density at radius 1 is 1.19 bits per heavy atom. The molecule has 2 amide bonds. The molecule has 0 fully saturated rings. The van der Waals surface area contributed by atoms with Crippen molar-refractivity contribution in [1.29, 1.82) is 0 Å². The molecule has 134 valence electrons. The van der Waals surface area contributed by atoms with Crippen LogP contribution in [0.5, 0.6) is 11.5 Å². The summed E-state index contributed by atoms with van der Waals surface area (Å²) in [6, 6.07) is 13.2. The normalized spacial score (nSPS) is 14.0. The number of nitrogens with one attached hydrogen (secondary N) is 2. The number of anilines is 1. The molecule has 26 heavy (non-hydrogen) atoms. The number of amides is 2. The standard InChI is InChI=1S/C19H19N3O3S/c1-12(18-22-14-4-2-3-5-17(14)26-18)11-20-19(23)21-13-6-7-15-16(10-13)25-9-8-24-15/h2-7,10,12H,8-9,11H2,1H3,(H2,20,21,23). The molecule has 0 saturated heterocycles. The number of para-hydroxylation sites is 1. The van der Waals surface area contributed by atoms with Crippen LogP contribution in [0.15, 0.2) is 42.5 Å². The molecule has 1 aromatic heterocycles. The Hall–Kier alpha value is -2.80. The Morgan fingerprint density at radius 2 is 2.00 bits per heavy atom. The quantitative estimate of drug-likeness (QED) is 0.729. The number of carbonyl (C=O) groups is 1. The summed E-state index contributed by atoms with van der Waals surface area (Å²) in [5.41, 5.74) is 1.67. The van der Waals surface area contributed by atoms with Crippen LogP contribution in [-0.4, -0.2) is 30.8 Å². The second kappa shape index (κ2) is 7.21. The van der Waals surface area contributed by atoms with Crippen LogP contribution in [0.2, 0.25) is 0 Å². The van der Waals surface area contributed by atoms with E-state index >= 15 is 0 Å². The maximum absolute atomic E-state index is 12.2. The Bertz CT molecular complexity index is 908. The number of fused-ring (bicyclic) bond motifs is 2. The fraction of sp³-hybridized carbons (Fsp3) is 0.263. The van der Waals surface area contributed by atoms with Gasteiger partial charge in [0.1, 0.15) is 13.2 Å². The van der Waals surface area contributed by atoms with Gasteiger partial charge >= 0.3 is 6.03 Å². The summed E-state index contributed by atoms with van der Waals surface area (Å²) in [7, 11) is 0. The van der Waals surface area contributed by atoms with Gasteiger partial charge in [-0.1, -0.05) is 19.1 Å². The van der Waals surface area contributed by atoms with E-state index in [0.29, 0.717) is 36.9 Å². The van der Waals surface area contributed by atoms with Gasteiger partial charge in [0, 0.05) is 24.2 Å². The summed E-state index contributed by atoms with van der Waals surface area (Å²) in [6.45, 7) is 3.63. The van der Waals surface area contributed by atoms with Gasteiger partial charge in [-0.25, -0.2) is 9.78 Å². The molecule has 2 heterocycles. The Labute approximate surface area is 155 Å². The fourth-order valence-electron chi connectivity index (χ4n) is 2.73. The number of urea groups is 1. The van der Waals surface area contributed by atoms with E-state index in [4.69, 9.17) is 9.47 Å². The molecular formula is C19H19N3O3S. The van der Waals surface area contributed by atoms with E-state index in [1.165, 1.54) is 0 Å². The molecule has 6 nitrogen and oxygen atoms in total. The summed E-state index contributed by atoms with van der Waals surface area (Å²) in [4.78, 5) is 16.8. The van der Waals surface area contributed by atoms with Crippen LogP contribution in [-0.2, 0) is 0 Å². The lowest BCUT2D eigenvalue weighted by molar-refractivity contribution is 0.171. The van der Waals surface area contributed by atoms with Gasteiger partial charge < -0.3 is 20.1 Å². The number of carbonyl (C=O) groups excluding carboxylic acids is 1. The van der Waals surface area contributed by atoms with Crippen molar-refractivity contribution < 1.29 is 14.3 Å². The minimum absolute atomic E-state index is 0.137. The predicted octanol–water partition coefficient (Wildman–Crippen LogP) is 3.99. The van der Waals surface area contributed by atoms with Crippen molar-refractivity contribution in [1.82, 2.24) is 10.3 Å². The number of hydrogen-bond donors (Lipinski definition) is 2. The Morgan fingerprint density at radius 3 is 2.85 bits per heavy atom. The second-order valence-electron chi connectivity index (χ2n) is 6.11. The van der Waals surface area contributed by atoms with Gasteiger partial charge in [-0.05, 0) is 24.3 Å². The van der Waals surface area contributed by atoms with Crippen LogP contribution in [0, 0.1) is 0 Å². The van der Waals surface area contributed by atoms with Crippen LogP contribution in [0.4, 0.5) is 10.5 Å². The average Bonchev–Trinajstić information content (AvgIpc) is 3.10. The van der Waals surface area contributed by atoms with Crippen molar-refractivity contribution >= 4 is 33.3 Å². The summed E-state index contributed by atoms with van der Waals surface area (Å²) in [5, 5.41) is 6.74. The third-order valence-corrected chi connectivity index (χ3v) is 5.37. The first-order valence-electron chi connectivity index (χ1n) is 8.49. The molecular weight excluding hydrogens is 350 g/mol. The molecule has 3 aromatic rings. The lowest BCUT2D eigenvalue weighted by atomic mass is 10.2. The van der Waals surface area contributed by atoms with E-state index in [-0.39, 0.29) is 11.9 Å². The fourth-order valence-corrected chi connectivity index (χ4v) is 3.75. The molecule has 7 heteroatoms. The molecule has 1 unspecified atom stereocenters. The van der Waals surface area contributed by atoms with Gasteiger partial charge in [0.15, 0.2) is 11.5 Å². The third-order valence-electron chi connectivity index (χ3n) is 4.10. The molecule has 1 aliphatic rings. The van der Waals surface area contributed by atoms with Crippen LogP contribution < -0.4 is 20.1 Å². The number of thiazole rings is 1. The van der Waals surface area contributed by atoms with Crippen molar-refractivity contribution in [3.63, 3.8) is 0 Å². The lowest BCUT2D eigenvalue weighted by Gasteiger charge is -2.19. The van der Waals surface area contributed by atoms with E-state index in [1.807, 2.05) is 18.2 Å². The van der Waals surface area contributed by atoms with Crippen molar-refractivity contribution in [3.05, 3.63) is 47.5 Å². The van der Waals surface area contributed by atoms with Gasteiger partial charge in [-0.2, -0.15) is 0 Å². The number of rotatable bonds is 4. The van der Waals surface area contributed by atoms with Crippen molar-refractivity contribution in [2.45, 2.75) is 12.8 Å². The monoisotopic (exact) mass is 369 g/mol. The zero-order valence-corrected chi connectivity index (χ0v) is 15.1. The Balaban J connectivity index is 1.34. The highest BCUT2D eigenvalue weighted by atomic mass is 32.1. The third kappa shape index (κ3) is 3.57. The number of hydrogen-bond acceptors (Lipinski definition) is 5. The number of nitrogens with zero attached hydrogens (tertiary/aromatic N) is 1. The van der Waals surface area contributed by atoms with Crippen LogP contribution >= 0.6 is 11.3 Å². The summed E-state index contributed by atoms with van der Waals surface area (Å²) >= 11 is 1.66. The SMILES string of the molecule is CC(CNC(=O)Nc1ccc2c(c1)OCCO2)c1nc2ccccc2s1. The van der Waals surface area contributed by atoms with Crippen LogP contribution in [0.25, 0.3) is 10.2 Å². The maximum Gasteiger partial charge on any atom is 0.319 e. The minimum Gasteiger partial charge on any atom is -0.486 e. The van der Waals surface area contributed by atoms with Crippen molar-refractivity contribution in [2.24, 2.45) is 0 Å². The van der Waals surface area contributed by atoms with Crippen LogP contribution in [0.3, 0.4) is 0 Å². The lowest BCUT2D eigenvalue weighted by Crippen LogP contribution is -2.31. The first-order chi connectivity index (χ1) is 12.7. The highest BCUT2D eigenvalue weighted by molar-refractivity contribution is 7.18. The number of benzene rings is 2. The molecule has 2 N–H and O–H groups in total. The molecule has 1 aliphatic heterocycles. The van der Waals surface area contributed by atoms with Crippen LogP contribution in [0.1, 0.15) is 17.8 Å². The summed E-state index contributed by atoms with van der Waals surface area (Å²) in [6.07, 6.45) is 0. The van der Waals surface area contributed by atoms with Gasteiger partial charge in [-0.15, -0.1) is 11.3 Å². The molecule has 4 rings (SSSR count). The van der Waals surface area contributed by atoms with Gasteiger partial charge in [0.25, 0.3) is 0 Å². The van der Waals surface area contributed by atoms with Crippen molar-refractivity contribution in [2.75, 3.05) is 25.1 Å². The zero-order valence-electron chi connectivity index (χ0n) is 14.3. The second-order valence-corrected chi connectivity index (χ2v) is 7.18. The summed E-state index contributed by atoms with van der Waals surface area (Å²) in [5.74, 6) is 1.49. The zero-order chi connectivity index (χ0) is 17.9. The topological polar surface area (TPSA) is 72.5 Å². The smallest absolute Gasteiger partial charge is 0.319 e. The number of ether oxygens (including phenoxy) is 2. The first kappa shape index (κ1) is 16.7. The molecule has 0 spiro atoms. The average molecular weight is 369 g/mol. The highest BCUT2D eigenvalue weighted by Gasteiger charge is 2.15. The predicted molar refractivity (Wildman–Crippen MR) is 102 cm³/mol. The van der Waals surface area contributed by atoms with E-state index in [2.05, 4.69) is 28.6 Å². The maximum atomic E-state index is 12.2. The van der Waals surface area contributed by atoms with Gasteiger partial charge in [-0.3, -0.25) is 0 Å². The van der Waals surface area contributed by atoms with Gasteiger partial charge in [0.2, 0.25) is 0 Å². The first-order valence-corrected chi connectivity index (χ1v) is 9.30. The minimum atomic E-state index is -0.255. The van der Waals surface area contributed by atoms with E-state index in [1.54, 1.807) is 29.5 Å². The van der Waals surface area contributed by atoms with E-state index in [9.17, 15) is 4.79 Å². The molecule has 2 aromatic carbocycles. The largest absolute Gasteiger partial charge is 0.486 e.